The second kappa shape index (κ2) is 10.3. The van der Waals surface area contributed by atoms with Crippen molar-refractivity contribution in [3.05, 3.63) is 105 Å². The van der Waals surface area contributed by atoms with Crippen LogP contribution in [0.5, 0.6) is 5.75 Å². The van der Waals surface area contributed by atoms with E-state index in [1.807, 2.05) is 0 Å². The molecular formula is C25H19N3O7. The molecule has 0 unspecified atom stereocenters. The molecule has 0 aliphatic carbocycles. The number of carbonyl (C=O) groups excluding carboxylic acids is 2. The van der Waals surface area contributed by atoms with E-state index in [4.69, 9.17) is 9.15 Å². The quantitative estimate of drug-likeness (QED) is 0.173. The number of furan rings is 1. The van der Waals surface area contributed by atoms with Gasteiger partial charge in [-0.3, -0.25) is 14.9 Å². The van der Waals surface area contributed by atoms with Crippen LogP contribution in [-0.4, -0.2) is 30.1 Å². The molecule has 0 saturated heterocycles. The van der Waals surface area contributed by atoms with Crippen molar-refractivity contribution in [1.82, 2.24) is 5.43 Å². The number of nitro groups is 1. The molecule has 3 aromatic carbocycles. The van der Waals surface area contributed by atoms with Crippen molar-refractivity contribution in [3.8, 4) is 5.75 Å². The Morgan fingerprint density at radius 3 is 2.63 bits per heavy atom. The maximum atomic E-state index is 12.3. The van der Waals surface area contributed by atoms with Crippen LogP contribution in [0.4, 0.5) is 5.69 Å². The van der Waals surface area contributed by atoms with Gasteiger partial charge in [-0.2, -0.15) is 5.10 Å². The molecule has 0 radical (unpaired) electrons. The number of nitro benzene ring substituents is 1. The number of non-ortho nitro benzene ring substituents is 1. The molecule has 1 amide bonds. The highest BCUT2D eigenvalue weighted by molar-refractivity contribution is 5.97. The van der Waals surface area contributed by atoms with Crippen molar-refractivity contribution in [1.29, 1.82) is 0 Å². The van der Waals surface area contributed by atoms with Crippen molar-refractivity contribution in [3.63, 3.8) is 0 Å². The lowest BCUT2D eigenvalue weighted by atomic mass is 10.1. The number of nitrogens with zero attached hydrogens (tertiary/aromatic N) is 2. The average Bonchev–Trinajstić information content (AvgIpc) is 3.31. The Hall–Kier alpha value is -4.99. The zero-order chi connectivity index (χ0) is 24.8. The van der Waals surface area contributed by atoms with Gasteiger partial charge in [0, 0.05) is 17.5 Å². The summed E-state index contributed by atoms with van der Waals surface area (Å²) in [5.41, 5.74) is 4.65. The van der Waals surface area contributed by atoms with Gasteiger partial charge < -0.3 is 13.9 Å². The van der Waals surface area contributed by atoms with Crippen LogP contribution in [0.25, 0.3) is 11.0 Å². The number of esters is 1. The largest absolute Gasteiger partial charge is 0.489 e. The molecule has 10 heteroatoms. The third-order valence-electron chi connectivity index (χ3n) is 4.95. The van der Waals surface area contributed by atoms with Crippen LogP contribution in [0.1, 0.15) is 32.0 Å². The summed E-state index contributed by atoms with van der Waals surface area (Å²) in [6.45, 7) is 0.295. The third kappa shape index (κ3) is 5.69. The number of hydrazone groups is 1. The zero-order valence-electron chi connectivity index (χ0n) is 18.5. The van der Waals surface area contributed by atoms with E-state index in [9.17, 15) is 19.7 Å². The van der Waals surface area contributed by atoms with Gasteiger partial charge in [0.05, 0.1) is 23.8 Å². The molecule has 0 atom stereocenters. The Kier molecular flexibility index (Phi) is 6.82. The number of hydrogen-bond donors (Lipinski definition) is 1. The molecule has 1 aromatic heterocycles. The van der Waals surface area contributed by atoms with Crippen LogP contribution in [0.2, 0.25) is 0 Å². The highest BCUT2D eigenvalue weighted by Gasteiger charge is 2.14. The molecule has 0 fully saturated rings. The first-order valence-electron chi connectivity index (χ1n) is 10.3. The van der Waals surface area contributed by atoms with Gasteiger partial charge in [0.15, 0.2) is 5.76 Å². The first kappa shape index (κ1) is 23.2. The molecule has 4 aromatic rings. The lowest BCUT2D eigenvalue weighted by Crippen LogP contribution is -2.16. The molecule has 176 valence electrons. The van der Waals surface area contributed by atoms with Gasteiger partial charge in [-0.15, -0.1) is 0 Å². The first-order chi connectivity index (χ1) is 16.9. The topological polar surface area (TPSA) is 133 Å². The molecule has 0 aliphatic heterocycles. The van der Waals surface area contributed by atoms with Crippen LogP contribution < -0.4 is 10.2 Å². The van der Waals surface area contributed by atoms with Gasteiger partial charge in [0.2, 0.25) is 0 Å². The summed E-state index contributed by atoms with van der Waals surface area (Å²) in [6.07, 6.45) is 1.45. The SMILES string of the molecule is COC(=O)c1ccc(COc2cccc(C=NNC(=O)c3cc4cc([N+](=O)[O-])ccc4o3)c2)cc1. The number of amides is 1. The summed E-state index contributed by atoms with van der Waals surface area (Å²) in [4.78, 5) is 34.2. The number of carbonyl (C=O) groups is 2. The van der Waals surface area contributed by atoms with Gasteiger partial charge in [0.1, 0.15) is 17.9 Å². The summed E-state index contributed by atoms with van der Waals surface area (Å²) in [6, 6.07) is 19.5. The van der Waals surface area contributed by atoms with Gasteiger partial charge in [0.25, 0.3) is 5.69 Å². The van der Waals surface area contributed by atoms with Crippen molar-refractivity contribution in [2.45, 2.75) is 6.61 Å². The van der Waals surface area contributed by atoms with Gasteiger partial charge in [-0.1, -0.05) is 24.3 Å². The Bertz CT molecular complexity index is 1420. The molecule has 10 nitrogen and oxygen atoms in total. The molecule has 1 N–H and O–H groups in total. The van der Waals surface area contributed by atoms with E-state index in [2.05, 4.69) is 15.3 Å². The Morgan fingerprint density at radius 1 is 1.09 bits per heavy atom. The number of methoxy groups -OCH3 is 1. The van der Waals surface area contributed by atoms with E-state index in [1.165, 1.54) is 37.6 Å². The second-order valence-corrected chi connectivity index (χ2v) is 7.34. The predicted octanol–water partition coefficient (Wildman–Crippen LogP) is 4.47. The minimum absolute atomic E-state index is 0.0204. The molecule has 35 heavy (non-hydrogen) atoms. The fourth-order valence-electron chi connectivity index (χ4n) is 3.18. The van der Waals surface area contributed by atoms with Crippen molar-refractivity contribution < 1.29 is 28.4 Å². The summed E-state index contributed by atoms with van der Waals surface area (Å²) in [7, 11) is 1.33. The van der Waals surface area contributed by atoms with Crippen molar-refractivity contribution >= 4 is 34.7 Å². The van der Waals surface area contributed by atoms with E-state index in [-0.39, 0.29) is 11.4 Å². The normalized spacial score (nSPS) is 10.9. The minimum atomic E-state index is -0.595. The fraction of sp³-hybridized carbons (Fsp3) is 0.0800. The number of nitrogens with one attached hydrogen (secondary N) is 1. The summed E-state index contributed by atoms with van der Waals surface area (Å²) in [5, 5.41) is 15.3. The van der Waals surface area contributed by atoms with E-state index in [0.717, 1.165) is 5.56 Å². The molecule has 0 spiro atoms. The highest BCUT2D eigenvalue weighted by atomic mass is 16.6. The van der Waals surface area contributed by atoms with Crippen LogP contribution >= 0.6 is 0 Å². The van der Waals surface area contributed by atoms with Gasteiger partial charge >= 0.3 is 11.9 Å². The van der Waals surface area contributed by atoms with E-state index >= 15 is 0 Å². The molecule has 0 aliphatic rings. The summed E-state index contributed by atoms with van der Waals surface area (Å²) >= 11 is 0. The van der Waals surface area contributed by atoms with Crippen molar-refractivity contribution in [2.24, 2.45) is 5.10 Å². The second-order valence-electron chi connectivity index (χ2n) is 7.34. The molecular weight excluding hydrogens is 454 g/mol. The van der Waals surface area contributed by atoms with Gasteiger partial charge in [-0.25, -0.2) is 10.2 Å². The maximum absolute atomic E-state index is 12.3. The Morgan fingerprint density at radius 2 is 1.89 bits per heavy atom. The lowest BCUT2D eigenvalue weighted by molar-refractivity contribution is -0.384. The van der Waals surface area contributed by atoms with E-state index in [0.29, 0.717) is 34.5 Å². The lowest BCUT2D eigenvalue weighted by Gasteiger charge is -2.07. The van der Waals surface area contributed by atoms with Crippen LogP contribution in [0.15, 0.2) is 82.3 Å². The first-order valence-corrected chi connectivity index (χ1v) is 10.3. The van der Waals surface area contributed by atoms with Crippen LogP contribution in [0.3, 0.4) is 0 Å². The standard InChI is InChI=1S/C25H19N3O7/c1-33-25(30)18-7-5-16(6-8-18)15-34-21-4-2-3-17(11-21)14-26-27-24(29)23-13-19-12-20(28(31)32)9-10-22(19)35-23/h2-14H,15H2,1H3,(H,27,29). The summed E-state index contributed by atoms with van der Waals surface area (Å²) in [5.74, 6) is -0.423. The maximum Gasteiger partial charge on any atom is 0.337 e. The zero-order valence-corrected chi connectivity index (χ0v) is 18.5. The average molecular weight is 473 g/mol. The fourth-order valence-corrected chi connectivity index (χ4v) is 3.18. The van der Waals surface area contributed by atoms with E-state index in [1.54, 1.807) is 48.5 Å². The molecule has 1 heterocycles. The Labute approximate surface area is 198 Å². The number of benzene rings is 3. The van der Waals surface area contributed by atoms with Crippen LogP contribution in [-0.2, 0) is 11.3 Å². The minimum Gasteiger partial charge on any atom is -0.489 e. The third-order valence-corrected chi connectivity index (χ3v) is 4.95. The van der Waals surface area contributed by atoms with E-state index < -0.39 is 16.8 Å². The molecule has 4 rings (SSSR count). The number of ether oxygens (including phenoxy) is 2. The van der Waals surface area contributed by atoms with Crippen molar-refractivity contribution in [2.75, 3.05) is 7.11 Å². The molecule has 0 saturated carbocycles. The monoisotopic (exact) mass is 473 g/mol. The predicted molar refractivity (Wildman–Crippen MR) is 126 cm³/mol. The highest BCUT2D eigenvalue weighted by Crippen LogP contribution is 2.24. The number of hydrogen-bond acceptors (Lipinski definition) is 8. The van der Waals surface area contributed by atoms with Crippen LogP contribution in [0, 0.1) is 10.1 Å². The molecule has 0 bridgehead atoms. The smallest absolute Gasteiger partial charge is 0.337 e. The number of rotatable bonds is 8. The Balaban J connectivity index is 1.35. The van der Waals surface area contributed by atoms with Gasteiger partial charge in [-0.05, 0) is 47.5 Å². The number of fused-ring (bicyclic) bond motifs is 1. The summed E-state index contributed by atoms with van der Waals surface area (Å²) < 4.78 is 15.9.